The largest absolute Gasteiger partial charge is 0.495 e. The number of para-hydroxylation sites is 2. The van der Waals surface area contributed by atoms with Crippen molar-refractivity contribution < 1.29 is 9.47 Å². The van der Waals surface area contributed by atoms with Crippen molar-refractivity contribution in [2.24, 2.45) is 0 Å². The number of piperazine rings is 1. The molecule has 0 radical (unpaired) electrons. The van der Waals surface area contributed by atoms with Crippen LogP contribution >= 0.6 is 11.3 Å². The zero-order valence-electron chi connectivity index (χ0n) is 19.4. The maximum absolute atomic E-state index is 6.52. The van der Waals surface area contributed by atoms with E-state index in [0.29, 0.717) is 5.92 Å². The van der Waals surface area contributed by atoms with Crippen molar-refractivity contribution >= 4 is 17.0 Å². The Hall–Kier alpha value is -2.50. The molecule has 1 fully saturated rings. The minimum Gasteiger partial charge on any atom is -0.495 e. The monoisotopic (exact) mass is 450 g/mol. The Labute approximate surface area is 196 Å². The van der Waals surface area contributed by atoms with Gasteiger partial charge in [0.05, 0.1) is 12.8 Å². The lowest BCUT2D eigenvalue weighted by molar-refractivity contribution is 0.162. The van der Waals surface area contributed by atoms with Gasteiger partial charge in [-0.1, -0.05) is 44.2 Å². The van der Waals surface area contributed by atoms with Gasteiger partial charge < -0.3 is 14.4 Å². The Balaban J connectivity index is 1.36. The van der Waals surface area contributed by atoms with Crippen LogP contribution in [0.5, 0.6) is 11.5 Å². The Bertz CT molecular complexity index is 965. The molecule has 1 aromatic heterocycles. The van der Waals surface area contributed by atoms with E-state index in [4.69, 9.17) is 9.47 Å². The third-order valence-electron chi connectivity index (χ3n) is 6.17. The van der Waals surface area contributed by atoms with Gasteiger partial charge in [0.15, 0.2) is 0 Å². The first-order chi connectivity index (χ1) is 15.6. The third-order valence-corrected chi connectivity index (χ3v) is 7.13. The molecule has 0 saturated carbocycles. The minimum absolute atomic E-state index is 0.0876. The molecule has 0 unspecified atom stereocenters. The molecule has 2 aromatic carbocycles. The molecule has 0 spiro atoms. The molecule has 4 rings (SSSR count). The van der Waals surface area contributed by atoms with E-state index in [2.05, 4.69) is 77.6 Å². The van der Waals surface area contributed by atoms with Crippen LogP contribution < -0.4 is 14.4 Å². The maximum atomic E-state index is 6.52. The molecule has 0 bridgehead atoms. The Morgan fingerprint density at radius 2 is 1.75 bits per heavy atom. The molecule has 1 saturated heterocycles. The summed E-state index contributed by atoms with van der Waals surface area (Å²) in [4.78, 5) is 6.29. The molecule has 0 amide bonds. The van der Waals surface area contributed by atoms with Crippen molar-refractivity contribution in [3.05, 3.63) is 76.5 Å². The van der Waals surface area contributed by atoms with Crippen molar-refractivity contribution in [1.29, 1.82) is 0 Å². The predicted molar refractivity (Wildman–Crippen MR) is 134 cm³/mol. The van der Waals surface area contributed by atoms with E-state index in [1.807, 2.05) is 12.1 Å². The van der Waals surface area contributed by atoms with Crippen LogP contribution in [0.4, 0.5) is 5.69 Å². The van der Waals surface area contributed by atoms with Crippen LogP contribution in [0.3, 0.4) is 0 Å². The van der Waals surface area contributed by atoms with Crippen LogP contribution in [0.25, 0.3) is 0 Å². The number of rotatable bonds is 9. The fourth-order valence-electron chi connectivity index (χ4n) is 4.25. The predicted octanol–water partition coefficient (Wildman–Crippen LogP) is 6.21. The number of hydrogen-bond acceptors (Lipinski definition) is 5. The molecule has 1 aliphatic heterocycles. The van der Waals surface area contributed by atoms with Crippen LogP contribution in [0.1, 0.15) is 42.7 Å². The van der Waals surface area contributed by atoms with Crippen LogP contribution in [-0.2, 0) is 0 Å². The molecule has 32 heavy (non-hydrogen) atoms. The lowest BCUT2D eigenvalue weighted by Crippen LogP contribution is -2.47. The number of hydrogen-bond donors (Lipinski definition) is 0. The van der Waals surface area contributed by atoms with Crippen LogP contribution in [-0.4, -0.2) is 44.7 Å². The average Bonchev–Trinajstić information content (AvgIpc) is 3.37. The lowest BCUT2D eigenvalue weighted by atomic mass is 10.0. The highest BCUT2D eigenvalue weighted by atomic mass is 32.1. The van der Waals surface area contributed by atoms with Gasteiger partial charge in [-0.25, -0.2) is 0 Å². The molecule has 2 heterocycles. The van der Waals surface area contributed by atoms with E-state index in [0.717, 1.165) is 50.6 Å². The van der Waals surface area contributed by atoms with Gasteiger partial charge in [-0.2, -0.15) is 0 Å². The van der Waals surface area contributed by atoms with Crippen molar-refractivity contribution in [1.82, 2.24) is 4.90 Å². The van der Waals surface area contributed by atoms with Crippen LogP contribution in [0.2, 0.25) is 0 Å². The fourth-order valence-corrected chi connectivity index (χ4v) is 5.04. The Morgan fingerprint density at radius 1 is 0.938 bits per heavy atom. The summed E-state index contributed by atoms with van der Waals surface area (Å²) in [7, 11) is 1.75. The highest BCUT2D eigenvalue weighted by Crippen LogP contribution is 2.31. The van der Waals surface area contributed by atoms with Gasteiger partial charge in [-0.05, 0) is 47.2 Å². The summed E-state index contributed by atoms with van der Waals surface area (Å²) in [5, 5.41) is 2.14. The summed E-state index contributed by atoms with van der Waals surface area (Å²) < 4.78 is 12.1. The van der Waals surface area contributed by atoms with Gasteiger partial charge in [0.25, 0.3) is 0 Å². The summed E-state index contributed by atoms with van der Waals surface area (Å²) in [5.41, 5.74) is 2.51. The molecular formula is C27H34N2O2S. The molecular weight excluding hydrogens is 416 g/mol. The minimum atomic E-state index is 0.0876. The van der Waals surface area contributed by atoms with Crippen LogP contribution in [0.15, 0.2) is 66.0 Å². The van der Waals surface area contributed by atoms with Gasteiger partial charge in [-0.3, -0.25) is 4.90 Å². The van der Waals surface area contributed by atoms with Crippen molar-refractivity contribution in [3.63, 3.8) is 0 Å². The summed E-state index contributed by atoms with van der Waals surface area (Å²) in [6.45, 7) is 9.62. The zero-order valence-corrected chi connectivity index (χ0v) is 20.2. The summed E-state index contributed by atoms with van der Waals surface area (Å²) in [6.07, 6.45) is 1.07. The topological polar surface area (TPSA) is 24.9 Å². The fraction of sp³-hybridized carbons (Fsp3) is 0.407. The van der Waals surface area contributed by atoms with Gasteiger partial charge in [0, 0.05) is 44.0 Å². The molecule has 1 atom stereocenters. The van der Waals surface area contributed by atoms with E-state index in [9.17, 15) is 0 Å². The average molecular weight is 451 g/mol. The molecule has 0 N–H and O–H groups in total. The standard InChI is InChI=1S/C27H34N2O2S/c1-21(2)22-8-6-9-23(20-22)31-26(27-12-7-19-32-27)13-14-28-15-17-29(18-16-28)24-10-4-5-11-25(24)30-3/h4-12,19-21,26H,13-18H2,1-3H3/t26-/m1/s1. The van der Waals surface area contributed by atoms with E-state index in [-0.39, 0.29) is 6.10 Å². The van der Waals surface area contributed by atoms with E-state index < -0.39 is 0 Å². The van der Waals surface area contributed by atoms with Crippen molar-refractivity contribution in [3.8, 4) is 11.5 Å². The SMILES string of the molecule is COc1ccccc1N1CCN(CC[C@@H](Oc2cccc(C(C)C)c2)c2cccs2)CC1. The first-order valence-corrected chi connectivity index (χ1v) is 12.4. The van der Waals surface area contributed by atoms with Crippen LogP contribution in [0, 0.1) is 0 Å². The molecule has 5 heteroatoms. The zero-order chi connectivity index (χ0) is 22.3. The number of ether oxygens (including phenoxy) is 2. The first-order valence-electron chi connectivity index (χ1n) is 11.5. The van der Waals surface area contributed by atoms with E-state index in [1.165, 1.54) is 16.1 Å². The second kappa shape index (κ2) is 10.9. The van der Waals surface area contributed by atoms with E-state index >= 15 is 0 Å². The summed E-state index contributed by atoms with van der Waals surface area (Å²) >= 11 is 1.78. The molecule has 4 nitrogen and oxygen atoms in total. The Kier molecular flexibility index (Phi) is 7.72. The van der Waals surface area contributed by atoms with Gasteiger partial charge in [0.1, 0.15) is 17.6 Å². The second-order valence-electron chi connectivity index (χ2n) is 8.64. The summed E-state index contributed by atoms with van der Waals surface area (Å²) in [5.74, 6) is 2.42. The number of benzene rings is 2. The molecule has 1 aliphatic rings. The third kappa shape index (κ3) is 5.64. The number of methoxy groups -OCH3 is 1. The van der Waals surface area contributed by atoms with E-state index in [1.54, 1.807) is 18.4 Å². The smallest absolute Gasteiger partial charge is 0.142 e. The highest BCUT2D eigenvalue weighted by Gasteiger charge is 2.22. The highest BCUT2D eigenvalue weighted by molar-refractivity contribution is 7.10. The number of anilines is 1. The number of nitrogens with zero attached hydrogens (tertiary/aromatic N) is 2. The normalized spacial score (nSPS) is 15.7. The van der Waals surface area contributed by atoms with Crippen molar-refractivity contribution in [2.75, 3.05) is 44.7 Å². The second-order valence-corrected chi connectivity index (χ2v) is 9.62. The summed E-state index contributed by atoms with van der Waals surface area (Å²) in [6, 6.07) is 21.2. The molecule has 3 aromatic rings. The van der Waals surface area contributed by atoms with Gasteiger partial charge in [-0.15, -0.1) is 11.3 Å². The Morgan fingerprint density at radius 3 is 2.47 bits per heavy atom. The quantitative estimate of drug-likeness (QED) is 0.387. The van der Waals surface area contributed by atoms with Gasteiger partial charge in [0.2, 0.25) is 0 Å². The number of thiophene rings is 1. The lowest BCUT2D eigenvalue weighted by Gasteiger charge is -2.37. The first kappa shape index (κ1) is 22.7. The maximum Gasteiger partial charge on any atom is 0.142 e. The van der Waals surface area contributed by atoms with Gasteiger partial charge >= 0.3 is 0 Å². The van der Waals surface area contributed by atoms with Crippen molar-refractivity contribution in [2.45, 2.75) is 32.3 Å². The molecule has 0 aliphatic carbocycles. The molecule has 170 valence electrons.